The molecule has 27 heavy (non-hydrogen) atoms. The van der Waals surface area contributed by atoms with Crippen LogP contribution in [-0.4, -0.2) is 57.8 Å². The van der Waals surface area contributed by atoms with E-state index in [4.69, 9.17) is 4.74 Å². The minimum atomic E-state index is -0.411. The Morgan fingerprint density at radius 1 is 1.19 bits per heavy atom. The Hall–Kier alpha value is -2.44. The fourth-order valence-electron chi connectivity index (χ4n) is 3.26. The van der Waals surface area contributed by atoms with Crippen molar-refractivity contribution in [1.29, 1.82) is 0 Å². The van der Waals surface area contributed by atoms with Crippen LogP contribution in [0.15, 0.2) is 48.5 Å². The normalized spacial score (nSPS) is 16.0. The second kappa shape index (κ2) is 8.97. The molecule has 1 amide bonds. The Morgan fingerprint density at radius 2 is 1.89 bits per heavy atom. The van der Waals surface area contributed by atoms with Gasteiger partial charge >= 0.3 is 0 Å². The fourth-order valence-corrected chi connectivity index (χ4v) is 3.26. The summed E-state index contributed by atoms with van der Waals surface area (Å²) in [6, 6.07) is 14.2. The van der Waals surface area contributed by atoms with Gasteiger partial charge in [0.05, 0.1) is 19.3 Å². The summed E-state index contributed by atoms with van der Waals surface area (Å²) < 4.78 is 18.8. The highest BCUT2D eigenvalue weighted by Gasteiger charge is 2.23. The van der Waals surface area contributed by atoms with Crippen molar-refractivity contribution < 1.29 is 13.9 Å². The molecule has 5 nitrogen and oxygen atoms in total. The van der Waals surface area contributed by atoms with Gasteiger partial charge in [0.15, 0.2) is 0 Å². The molecular weight excluding hydrogens is 345 g/mol. The smallest absolute Gasteiger partial charge is 0.251 e. The SMILES string of the molecule is CN(C)c1ccc([C@H](CNC(=O)c2cccc(F)c2)N2CCOCC2)cc1. The van der Waals surface area contributed by atoms with Crippen molar-refractivity contribution in [3.63, 3.8) is 0 Å². The summed E-state index contributed by atoms with van der Waals surface area (Å²) in [5, 5.41) is 2.96. The number of rotatable bonds is 6. The van der Waals surface area contributed by atoms with Crippen LogP contribution < -0.4 is 10.2 Å². The van der Waals surface area contributed by atoms with Crippen molar-refractivity contribution in [2.75, 3.05) is 51.8 Å². The molecule has 1 saturated heterocycles. The Labute approximate surface area is 159 Å². The lowest BCUT2D eigenvalue weighted by molar-refractivity contribution is 0.0162. The average molecular weight is 371 g/mol. The zero-order valence-corrected chi connectivity index (χ0v) is 15.8. The van der Waals surface area contributed by atoms with Crippen LogP contribution in [0.4, 0.5) is 10.1 Å². The molecule has 1 aliphatic heterocycles. The van der Waals surface area contributed by atoms with Gasteiger partial charge in [-0.2, -0.15) is 0 Å². The number of morpholine rings is 1. The Bertz CT molecular complexity index is 758. The van der Waals surface area contributed by atoms with Gasteiger partial charge in [-0.05, 0) is 35.9 Å². The molecule has 3 rings (SSSR count). The van der Waals surface area contributed by atoms with E-state index in [1.165, 1.54) is 12.1 Å². The van der Waals surface area contributed by atoms with Gasteiger partial charge in [0.25, 0.3) is 5.91 Å². The second-order valence-corrected chi connectivity index (χ2v) is 6.87. The van der Waals surface area contributed by atoms with E-state index in [2.05, 4.69) is 39.4 Å². The minimum absolute atomic E-state index is 0.0441. The monoisotopic (exact) mass is 371 g/mol. The fraction of sp³-hybridized carbons (Fsp3) is 0.381. The standard InChI is InChI=1S/C21H26FN3O2/c1-24(2)19-8-6-16(7-9-19)20(25-10-12-27-13-11-25)15-23-21(26)17-4-3-5-18(22)14-17/h3-9,14,20H,10-13,15H2,1-2H3,(H,23,26)/t20-/m0/s1. The van der Waals surface area contributed by atoms with Crippen molar-refractivity contribution in [1.82, 2.24) is 10.2 Å². The summed E-state index contributed by atoms with van der Waals surface area (Å²) in [5.41, 5.74) is 2.60. The summed E-state index contributed by atoms with van der Waals surface area (Å²) in [7, 11) is 4.02. The maximum absolute atomic E-state index is 13.4. The molecule has 0 spiro atoms. The molecule has 1 N–H and O–H groups in total. The summed E-state index contributed by atoms with van der Waals surface area (Å²) in [5.74, 6) is -0.677. The number of anilines is 1. The van der Waals surface area contributed by atoms with Gasteiger partial charge in [0, 0.05) is 45.0 Å². The van der Waals surface area contributed by atoms with Crippen LogP contribution in [0.5, 0.6) is 0 Å². The van der Waals surface area contributed by atoms with E-state index in [1.54, 1.807) is 12.1 Å². The lowest BCUT2D eigenvalue weighted by atomic mass is 10.0. The number of nitrogens with one attached hydrogen (secondary N) is 1. The summed E-state index contributed by atoms with van der Waals surface area (Å²) in [6.07, 6.45) is 0. The van der Waals surface area contributed by atoms with E-state index in [0.717, 1.165) is 24.3 Å². The zero-order chi connectivity index (χ0) is 19.2. The number of halogens is 1. The van der Waals surface area contributed by atoms with E-state index in [1.807, 2.05) is 14.1 Å². The first-order valence-electron chi connectivity index (χ1n) is 9.17. The summed E-state index contributed by atoms with van der Waals surface area (Å²) in [4.78, 5) is 16.8. The van der Waals surface area contributed by atoms with Crippen molar-refractivity contribution in [2.45, 2.75) is 6.04 Å². The third-order valence-corrected chi connectivity index (χ3v) is 4.82. The molecule has 144 valence electrons. The third-order valence-electron chi connectivity index (χ3n) is 4.82. The summed E-state index contributed by atoms with van der Waals surface area (Å²) in [6.45, 7) is 3.46. The molecule has 0 bridgehead atoms. The molecule has 0 saturated carbocycles. The van der Waals surface area contributed by atoms with Crippen LogP contribution >= 0.6 is 0 Å². The third kappa shape index (κ3) is 5.05. The highest BCUT2D eigenvalue weighted by atomic mass is 19.1. The highest BCUT2D eigenvalue weighted by Crippen LogP contribution is 2.24. The van der Waals surface area contributed by atoms with Crippen molar-refractivity contribution in [3.05, 3.63) is 65.5 Å². The number of nitrogens with zero attached hydrogens (tertiary/aromatic N) is 2. The summed E-state index contributed by atoms with van der Waals surface area (Å²) >= 11 is 0. The van der Waals surface area contributed by atoms with Gasteiger partial charge in [-0.3, -0.25) is 9.69 Å². The van der Waals surface area contributed by atoms with Crippen LogP contribution in [0, 0.1) is 5.82 Å². The molecule has 1 heterocycles. The maximum atomic E-state index is 13.4. The van der Waals surface area contributed by atoms with Gasteiger partial charge in [0.2, 0.25) is 0 Å². The average Bonchev–Trinajstić information content (AvgIpc) is 2.69. The maximum Gasteiger partial charge on any atom is 0.251 e. The van der Waals surface area contributed by atoms with E-state index in [-0.39, 0.29) is 11.9 Å². The van der Waals surface area contributed by atoms with Crippen molar-refractivity contribution in [2.24, 2.45) is 0 Å². The van der Waals surface area contributed by atoms with E-state index in [9.17, 15) is 9.18 Å². The molecule has 6 heteroatoms. The van der Waals surface area contributed by atoms with Gasteiger partial charge in [0.1, 0.15) is 5.82 Å². The van der Waals surface area contributed by atoms with Gasteiger partial charge in [-0.25, -0.2) is 4.39 Å². The van der Waals surface area contributed by atoms with Gasteiger partial charge in [-0.1, -0.05) is 18.2 Å². The van der Waals surface area contributed by atoms with E-state index in [0.29, 0.717) is 25.3 Å². The molecule has 2 aromatic carbocycles. The Kier molecular flexibility index (Phi) is 6.42. The van der Waals surface area contributed by atoms with Gasteiger partial charge in [-0.15, -0.1) is 0 Å². The number of amides is 1. The Balaban J connectivity index is 1.74. The number of carbonyl (C=O) groups excluding carboxylic acids is 1. The molecule has 0 aromatic heterocycles. The van der Waals surface area contributed by atoms with Crippen LogP contribution in [0.25, 0.3) is 0 Å². The van der Waals surface area contributed by atoms with Gasteiger partial charge < -0.3 is 15.0 Å². The highest BCUT2D eigenvalue weighted by molar-refractivity contribution is 5.94. The van der Waals surface area contributed by atoms with E-state index < -0.39 is 5.82 Å². The molecular formula is C21H26FN3O2. The van der Waals surface area contributed by atoms with Crippen LogP contribution in [-0.2, 0) is 4.74 Å². The predicted octanol–water partition coefficient (Wildman–Crippen LogP) is 2.70. The molecule has 0 aliphatic carbocycles. The number of benzene rings is 2. The largest absolute Gasteiger partial charge is 0.379 e. The molecule has 0 unspecified atom stereocenters. The van der Waals surface area contributed by atoms with Crippen LogP contribution in [0.2, 0.25) is 0 Å². The molecule has 1 atom stereocenters. The minimum Gasteiger partial charge on any atom is -0.379 e. The first kappa shape index (κ1) is 19.3. The van der Waals surface area contributed by atoms with Crippen LogP contribution in [0.3, 0.4) is 0 Å². The topological polar surface area (TPSA) is 44.8 Å². The Morgan fingerprint density at radius 3 is 2.52 bits per heavy atom. The number of hydrogen-bond donors (Lipinski definition) is 1. The number of carbonyl (C=O) groups is 1. The molecule has 2 aromatic rings. The number of hydrogen-bond acceptors (Lipinski definition) is 4. The lowest BCUT2D eigenvalue weighted by Crippen LogP contribution is -2.43. The number of ether oxygens (including phenoxy) is 1. The lowest BCUT2D eigenvalue weighted by Gasteiger charge is -2.35. The first-order chi connectivity index (χ1) is 13.0. The molecule has 0 radical (unpaired) electrons. The second-order valence-electron chi connectivity index (χ2n) is 6.87. The zero-order valence-electron chi connectivity index (χ0n) is 15.8. The van der Waals surface area contributed by atoms with Crippen molar-refractivity contribution >= 4 is 11.6 Å². The molecule has 1 aliphatic rings. The van der Waals surface area contributed by atoms with Crippen LogP contribution in [0.1, 0.15) is 22.0 Å². The first-order valence-corrected chi connectivity index (χ1v) is 9.17. The quantitative estimate of drug-likeness (QED) is 0.848. The predicted molar refractivity (Wildman–Crippen MR) is 105 cm³/mol. The van der Waals surface area contributed by atoms with Crippen molar-refractivity contribution in [3.8, 4) is 0 Å². The molecule has 1 fully saturated rings. The van der Waals surface area contributed by atoms with E-state index >= 15 is 0 Å².